The third kappa shape index (κ3) is 2.63. The molecule has 0 amide bonds. The fraction of sp³-hybridized carbons (Fsp3) is 0.100. The highest BCUT2D eigenvalue weighted by Gasteiger charge is 1.99. The number of hydrogen-bond acceptors (Lipinski definition) is 2. The summed E-state index contributed by atoms with van der Waals surface area (Å²) in [5.41, 5.74) is 1.20. The Morgan fingerprint density at radius 2 is 2.00 bits per heavy atom. The topological polar surface area (TPSA) is 46.5 Å². The summed E-state index contributed by atoms with van der Waals surface area (Å²) in [6.07, 6.45) is 3.29. The van der Waals surface area contributed by atoms with Crippen LogP contribution in [-0.2, 0) is 4.74 Å². The number of carbonyl (C=O) groups is 1. The lowest BCUT2D eigenvalue weighted by Gasteiger charge is -1.95. The van der Waals surface area contributed by atoms with Crippen molar-refractivity contribution in [1.82, 2.24) is 0 Å². The van der Waals surface area contributed by atoms with Crippen LogP contribution in [0.1, 0.15) is 15.9 Å². The molecule has 0 fully saturated rings. The van der Waals surface area contributed by atoms with Gasteiger partial charge in [-0.25, -0.2) is 4.79 Å². The summed E-state index contributed by atoms with van der Waals surface area (Å²) in [6.45, 7) is 0. The zero-order valence-electron chi connectivity index (χ0n) is 7.23. The minimum absolute atomic E-state index is 0.287. The van der Waals surface area contributed by atoms with Crippen molar-refractivity contribution in [3.8, 4) is 0 Å². The summed E-state index contributed by atoms with van der Waals surface area (Å²) in [7, 11) is 1.56. The largest absolute Gasteiger partial charge is 0.504 e. The normalized spacial score (nSPS) is 10.2. The average molecular weight is 178 g/mol. The van der Waals surface area contributed by atoms with Crippen molar-refractivity contribution in [3.63, 3.8) is 0 Å². The van der Waals surface area contributed by atoms with Gasteiger partial charge in [0.15, 0.2) is 0 Å². The number of hydrogen-bond donors (Lipinski definition) is 1. The molecule has 3 heteroatoms. The van der Waals surface area contributed by atoms with Gasteiger partial charge in [-0.3, -0.25) is 0 Å². The second-order valence-electron chi connectivity index (χ2n) is 2.47. The van der Waals surface area contributed by atoms with E-state index in [4.69, 9.17) is 9.84 Å². The van der Waals surface area contributed by atoms with E-state index in [1.165, 1.54) is 6.26 Å². The maximum absolute atomic E-state index is 10.5. The molecule has 1 aromatic carbocycles. The number of methoxy groups -OCH3 is 1. The van der Waals surface area contributed by atoms with Crippen LogP contribution in [0, 0.1) is 0 Å². The van der Waals surface area contributed by atoms with Gasteiger partial charge in [0.05, 0.1) is 18.9 Å². The van der Waals surface area contributed by atoms with E-state index in [-0.39, 0.29) is 5.56 Å². The van der Waals surface area contributed by atoms with Gasteiger partial charge in [0.1, 0.15) is 0 Å². The Hall–Kier alpha value is -1.77. The zero-order chi connectivity index (χ0) is 9.68. The molecule has 13 heavy (non-hydrogen) atoms. The summed E-state index contributed by atoms with van der Waals surface area (Å²) < 4.78 is 4.73. The van der Waals surface area contributed by atoms with Gasteiger partial charge in [0, 0.05) is 0 Å². The Kier molecular flexibility index (Phi) is 3.09. The van der Waals surface area contributed by atoms with E-state index < -0.39 is 5.97 Å². The quantitative estimate of drug-likeness (QED) is 0.720. The fourth-order valence-electron chi connectivity index (χ4n) is 0.883. The molecule has 0 aliphatic carbocycles. The third-order valence-corrected chi connectivity index (χ3v) is 1.55. The molecule has 1 N–H and O–H groups in total. The van der Waals surface area contributed by atoms with Crippen molar-refractivity contribution in [2.24, 2.45) is 0 Å². The van der Waals surface area contributed by atoms with Crippen molar-refractivity contribution in [2.75, 3.05) is 7.11 Å². The summed E-state index contributed by atoms with van der Waals surface area (Å²) in [5, 5.41) is 8.61. The molecule has 68 valence electrons. The summed E-state index contributed by atoms with van der Waals surface area (Å²) in [5.74, 6) is -0.915. The minimum atomic E-state index is -0.915. The number of ether oxygens (including phenoxy) is 1. The van der Waals surface area contributed by atoms with Crippen molar-refractivity contribution in [3.05, 3.63) is 41.7 Å². The first kappa shape index (κ1) is 9.32. The lowest BCUT2D eigenvalue weighted by atomic mass is 10.1. The molecule has 0 spiro atoms. The lowest BCUT2D eigenvalue weighted by Crippen LogP contribution is -1.94. The van der Waals surface area contributed by atoms with Crippen LogP contribution in [0.15, 0.2) is 30.5 Å². The number of benzene rings is 1. The first-order valence-electron chi connectivity index (χ1n) is 3.77. The third-order valence-electron chi connectivity index (χ3n) is 1.55. The summed E-state index contributed by atoms with van der Waals surface area (Å²) in [6, 6.07) is 6.55. The van der Waals surface area contributed by atoms with Gasteiger partial charge in [0.2, 0.25) is 0 Å². The van der Waals surface area contributed by atoms with Crippen molar-refractivity contribution in [1.29, 1.82) is 0 Å². The maximum Gasteiger partial charge on any atom is 0.335 e. The Morgan fingerprint density at radius 3 is 2.46 bits per heavy atom. The van der Waals surface area contributed by atoms with E-state index in [2.05, 4.69) is 0 Å². The monoisotopic (exact) mass is 178 g/mol. The highest BCUT2D eigenvalue weighted by atomic mass is 16.5. The van der Waals surface area contributed by atoms with Crippen LogP contribution in [-0.4, -0.2) is 18.2 Å². The number of aromatic carboxylic acids is 1. The Morgan fingerprint density at radius 1 is 1.38 bits per heavy atom. The first-order valence-corrected chi connectivity index (χ1v) is 3.77. The number of carboxylic acids is 1. The van der Waals surface area contributed by atoms with E-state index in [0.29, 0.717) is 0 Å². The van der Waals surface area contributed by atoms with Crippen molar-refractivity contribution >= 4 is 12.0 Å². The van der Waals surface area contributed by atoms with E-state index in [0.717, 1.165) is 5.56 Å². The molecule has 0 saturated heterocycles. The molecule has 1 aromatic rings. The molecule has 3 nitrogen and oxygen atoms in total. The molecule has 0 saturated carbocycles. The van der Waals surface area contributed by atoms with E-state index in [9.17, 15) is 4.79 Å². The van der Waals surface area contributed by atoms with E-state index in [1.807, 2.05) is 0 Å². The Balaban J connectivity index is 2.81. The van der Waals surface area contributed by atoms with Crippen LogP contribution in [0.25, 0.3) is 6.08 Å². The van der Waals surface area contributed by atoms with Crippen LogP contribution in [0.2, 0.25) is 0 Å². The molecular formula is C10H10O3. The van der Waals surface area contributed by atoms with E-state index in [1.54, 1.807) is 37.5 Å². The van der Waals surface area contributed by atoms with Gasteiger partial charge >= 0.3 is 5.97 Å². The molecule has 0 radical (unpaired) electrons. The summed E-state index contributed by atoms with van der Waals surface area (Å²) in [4.78, 5) is 10.5. The molecule has 0 heterocycles. The smallest absolute Gasteiger partial charge is 0.335 e. The maximum atomic E-state index is 10.5. The molecule has 0 aromatic heterocycles. The highest BCUT2D eigenvalue weighted by Crippen LogP contribution is 2.05. The first-order chi connectivity index (χ1) is 6.24. The second-order valence-corrected chi connectivity index (χ2v) is 2.47. The molecule has 1 rings (SSSR count). The van der Waals surface area contributed by atoms with Gasteiger partial charge in [0.25, 0.3) is 0 Å². The van der Waals surface area contributed by atoms with Gasteiger partial charge in [-0.05, 0) is 23.8 Å². The standard InChI is InChI=1S/C10H10O3/c1-13-7-6-8-2-4-9(5-3-8)10(11)12/h2-7H,1H3,(H,11,12). The van der Waals surface area contributed by atoms with Crippen LogP contribution >= 0.6 is 0 Å². The van der Waals surface area contributed by atoms with Crippen molar-refractivity contribution < 1.29 is 14.6 Å². The number of rotatable bonds is 3. The SMILES string of the molecule is COC=Cc1ccc(C(=O)O)cc1. The van der Waals surface area contributed by atoms with Crippen molar-refractivity contribution in [2.45, 2.75) is 0 Å². The molecule has 0 unspecified atom stereocenters. The molecule has 0 bridgehead atoms. The van der Waals surface area contributed by atoms with E-state index >= 15 is 0 Å². The summed E-state index contributed by atoms with van der Waals surface area (Å²) >= 11 is 0. The van der Waals surface area contributed by atoms with Crippen LogP contribution in [0.3, 0.4) is 0 Å². The molecule has 0 atom stereocenters. The average Bonchev–Trinajstić information content (AvgIpc) is 2.15. The van der Waals surface area contributed by atoms with Crippen LogP contribution < -0.4 is 0 Å². The minimum Gasteiger partial charge on any atom is -0.504 e. The highest BCUT2D eigenvalue weighted by molar-refractivity contribution is 5.87. The zero-order valence-corrected chi connectivity index (χ0v) is 7.23. The van der Waals surface area contributed by atoms with Gasteiger partial charge in [-0.2, -0.15) is 0 Å². The fourth-order valence-corrected chi connectivity index (χ4v) is 0.883. The predicted molar refractivity (Wildman–Crippen MR) is 49.4 cm³/mol. The molecule has 0 aliphatic heterocycles. The Labute approximate surface area is 76.3 Å². The van der Waals surface area contributed by atoms with Crippen LogP contribution in [0.4, 0.5) is 0 Å². The van der Waals surface area contributed by atoms with Gasteiger partial charge in [-0.1, -0.05) is 12.1 Å². The molecule has 0 aliphatic rings. The lowest BCUT2D eigenvalue weighted by molar-refractivity contribution is 0.0697. The van der Waals surface area contributed by atoms with Crippen LogP contribution in [0.5, 0.6) is 0 Å². The molecular weight excluding hydrogens is 168 g/mol. The Bertz CT molecular complexity index is 311. The second kappa shape index (κ2) is 4.30. The number of carboxylic acid groups (broad SMARTS) is 1. The van der Waals surface area contributed by atoms with Gasteiger partial charge in [-0.15, -0.1) is 0 Å². The predicted octanol–water partition coefficient (Wildman–Crippen LogP) is 2.00. The van der Waals surface area contributed by atoms with Gasteiger partial charge < -0.3 is 9.84 Å².